The van der Waals surface area contributed by atoms with Crippen LogP contribution in [0.2, 0.25) is 0 Å². The normalized spacial score (nSPS) is 17.2. The molecule has 0 bridgehead atoms. The predicted octanol–water partition coefficient (Wildman–Crippen LogP) is 2.38. The quantitative estimate of drug-likeness (QED) is 0.616. The third kappa shape index (κ3) is 4.79. The first-order valence-corrected chi connectivity index (χ1v) is 4.07. The molecule has 64 valence electrons. The molecule has 0 aliphatic rings. The van der Waals surface area contributed by atoms with E-state index in [0.717, 1.165) is 0 Å². The summed E-state index contributed by atoms with van der Waals surface area (Å²) in [5.41, 5.74) is 0. The molecule has 0 saturated carbocycles. The molecule has 1 nitrogen and oxygen atoms in total. The topological polar surface area (TPSA) is 20.2 Å². The zero-order chi connectivity index (χ0) is 8.85. The van der Waals surface area contributed by atoms with Crippen LogP contribution in [-0.2, 0) is 0 Å². The summed E-state index contributed by atoms with van der Waals surface area (Å²) in [5.74, 6) is 0.645. The maximum atomic E-state index is 9.35. The Labute approximate surface area is 69.4 Å². The van der Waals surface area contributed by atoms with E-state index in [1.807, 2.05) is 39.0 Å². The Morgan fingerprint density at radius 3 is 2.09 bits per heavy atom. The van der Waals surface area contributed by atoms with E-state index in [9.17, 15) is 5.11 Å². The number of hydrogen-bond acceptors (Lipinski definition) is 1. The number of allylic oxidation sites excluding steroid dienone is 2. The van der Waals surface area contributed by atoms with E-state index in [1.54, 1.807) is 0 Å². The van der Waals surface area contributed by atoms with E-state index in [1.165, 1.54) is 0 Å². The zero-order valence-electron chi connectivity index (χ0n) is 7.62. The van der Waals surface area contributed by atoms with Crippen molar-refractivity contribution >= 4 is 0 Å². The van der Waals surface area contributed by atoms with Crippen molar-refractivity contribution in [2.45, 2.75) is 26.9 Å². The number of aliphatic hydroxyl groups is 1. The Hall–Kier alpha value is -0.560. The van der Waals surface area contributed by atoms with Gasteiger partial charge in [-0.2, -0.15) is 0 Å². The fourth-order valence-electron chi connectivity index (χ4n) is 0.590. The van der Waals surface area contributed by atoms with Crippen LogP contribution in [0.4, 0.5) is 0 Å². The molecule has 0 aromatic heterocycles. The summed E-state index contributed by atoms with van der Waals surface area (Å²) in [4.78, 5) is 0. The summed E-state index contributed by atoms with van der Waals surface area (Å²) in [5, 5.41) is 9.35. The van der Waals surface area contributed by atoms with Crippen LogP contribution in [-0.4, -0.2) is 11.2 Å². The van der Waals surface area contributed by atoms with Crippen molar-refractivity contribution in [3.63, 3.8) is 0 Å². The first-order chi connectivity index (χ1) is 5.07. The lowest BCUT2D eigenvalue weighted by atomic mass is 10.0. The van der Waals surface area contributed by atoms with Crippen LogP contribution >= 0.6 is 0 Å². The summed E-state index contributed by atoms with van der Waals surface area (Å²) in [7, 11) is 0. The largest absolute Gasteiger partial charge is 0.389 e. The molecule has 0 aliphatic heterocycles. The van der Waals surface area contributed by atoms with Gasteiger partial charge in [0.15, 0.2) is 0 Å². The Morgan fingerprint density at radius 2 is 1.73 bits per heavy atom. The lowest BCUT2D eigenvalue weighted by molar-refractivity contribution is 0.171. The molecule has 0 saturated heterocycles. The van der Waals surface area contributed by atoms with Crippen molar-refractivity contribution in [2.24, 2.45) is 11.8 Å². The monoisotopic (exact) mass is 154 g/mol. The fraction of sp³-hybridized carbons (Fsp3) is 0.600. The minimum absolute atomic E-state index is 0.295. The maximum absolute atomic E-state index is 9.35. The van der Waals surface area contributed by atoms with Crippen LogP contribution in [0.5, 0.6) is 0 Å². The second-order valence-electron chi connectivity index (χ2n) is 3.21. The van der Waals surface area contributed by atoms with Gasteiger partial charge < -0.3 is 5.11 Å². The molecule has 1 N–H and O–H groups in total. The average Bonchev–Trinajstić information content (AvgIpc) is 1.99. The number of hydrogen-bond donors (Lipinski definition) is 1. The zero-order valence-corrected chi connectivity index (χ0v) is 7.62. The third-order valence-corrected chi connectivity index (χ3v) is 1.67. The second kappa shape index (κ2) is 5.14. The van der Waals surface area contributed by atoms with Crippen molar-refractivity contribution in [2.75, 3.05) is 0 Å². The SMILES string of the molecule is C=C[C@H](C)/C=C\[C@H](O)C(C)C. The van der Waals surface area contributed by atoms with E-state index in [2.05, 4.69) is 6.58 Å². The molecular formula is C10H18O. The molecule has 0 radical (unpaired) electrons. The number of aliphatic hydroxyl groups excluding tert-OH is 1. The molecule has 0 spiro atoms. The molecular weight excluding hydrogens is 136 g/mol. The molecule has 0 fully saturated rings. The van der Waals surface area contributed by atoms with Crippen LogP contribution in [0.1, 0.15) is 20.8 Å². The Kier molecular flexibility index (Phi) is 4.88. The highest BCUT2D eigenvalue weighted by atomic mass is 16.3. The van der Waals surface area contributed by atoms with Gasteiger partial charge in [-0.25, -0.2) is 0 Å². The van der Waals surface area contributed by atoms with Crippen LogP contribution in [0.25, 0.3) is 0 Å². The highest BCUT2D eigenvalue weighted by molar-refractivity contribution is 4.98. The van der Waals surface area contributed by atoms with Gasteiger partial charge in [-0.3, -0.25) is 0 Å². The van der Waals surface area contributed by atoms with Crippen LogP contribution in [0.3, 0.4) is 0 Å². The van der Waals surface area contributed by atoms with Gasteiger partial charge in [-0.05, 0) is 11.8 Å². The van der Waals surface area contributed by atoms with E-state index < -0.39 is 0 Å². The fourth-order valence-corrected chi connectivity index (χ4v) is 0.590. The standard InChI is InChI=1S/C10H18O/c1-5-9(4)6-7-10(11)8(2)3/h5-11H,1H2,2-4H3/b7-6-/t9-,10-/m0/s1. The van der Waals surface area contributed by atoms with E-state index in [0.29, 0.717) is 11.8 Å². The first-order valence-electron chi connectivity index (χ1n) is 4.07. The van der Waals surface area contributed by atoms with Gasteiger partial charge in [0.2, 0.25) is 0 Å². The second-order valence-corrected chi connectivity index (χ2v) is 3.21. The molecule has 0 aromatic carbocycles. The van der Waals surface area contributed by atoms with Crippen molar-refractivity contribution in [1.29, 1.82) is 0 Å². The summed E-state index contributed by atoms with van der Waals surface area (Å²) in [6.07, 6.45) is 5.33. The molecule has 0 rings (SSSR count). The van der Waals surface area contributed by atoms with Crippen molar-refractivity contribution < 1.29 is 5.11 Å². The van der Waals surface area contributed by atoms with Gasteiger partial charge in [-0.1, -0.05) is 39.0 Å². The predicted molar refractivity (Wildman–Crippen MR) is 49.3 cm³/mol. The molecule has 0 heterocycles. The Bertz CT molecular complexity index is 136. The smallest absolute Gasteiger partial charge is 0.0743 e. The molecule has 0 unspecified atom stereocenters. The maximum Gasteiger partial charge on any atom is 0.0743 e. The Balaban J connectivity index is 3.81. The van der Waals surface area contributed by atoms with Gasteiger partial charge in [0, 0.05) is 0 Å². The minimum Gasteiger partial charge on any atom is -0.389 e. The molecule has 0 aliphatic carbocycles. The summed E-state index contributed by atoms with van der Waals surface area (Å²) in [6, 6.07) is 0. The summed E-state index contributed by atoms with van der Waals surface area (Å²) in [6.45, 7) is 9.68. The van der Waals surface area contributed by atoms with Gasteiger partial charge in [-0.15, -0.1) is 6.58 Å². The van der Waals surface area contributed by atoms with Crippen LogP contribution < -0.4 is 0 Å². The summed E-state index contributed by atoms with van der Waals surface area (Å²) >= 11 is 0. The van der Waals surface area contributed by atoms with Crippen LogP contribution in [0.15, 0.2) is 24.8 Å². The third-order valence-electron chi connectivity index (χ3n) is 1.67. The Morgan fingerprint density at radius 1 is 1.18 bits per heavy atom. The van der Waals surface area contributed by atoms with Gasteiger partial charge in [0.05, 0.1) is 6.10 Å². The molecule has 0 aromatic rings. The van der Waals surface area contributed by atoms with Crippen molar-refractivity contribution in [1.82, 2.24) is 0 Å². The van der Waals surface area contributed by atoms with Crippen molar-refractivity contribution in [3.8, 4) is 0 Å². The van der Waals surface area contributed by atoms with Gasteiger partial charge in [0.1, 0.15) is 0 Å². The highest BCUT2D eigenvalue weighted by Crippen LogP contribution is 2.05. The van der Waals surface area contributed by atoms with Crippen molar-refractivity contribution in [3.05, 3.63) is 24.8 Å². The first kappa shape index (κ1) is 10.4. The van der Waals surface area contributed by atoms with Gasteiger partial charge >= 0.3 is 0 Å². The molecule has 11 heavy (non-hydrogen) atoms. The van der Waals surface area contributed by atoms with E-state index in [4.69, 9.17) is 0 Å². The lowest BCUT2D eigenvalue weighted by Crippen LogP contribution is -2.10. The minimum atomic E-state index is -0.322. The molecule has 2 atom stereocenters. The highest BCUT2D eigenvalue weighted by Gasteiger charge is 2.03. The molecule has 1 heteroatoms. The van der Waals surface area contributed by atoms with Crippen LogP contribution in [0, 0.1) is 11.8 Å². The summed E-state index contributed by atoms with van der Waals surface area (Å²) < 4.78 is 0. The van der Waals surface area contributed by atoms with Gasteiger partial charge in [0.25, 0.3) is 0 Å². The van der Waals surface area contributed by atoms with E-state index >= 15 is 0 Å². The lowest BCUT2D eigenvalue weighted by Gasteiger charge is -2.09. The average molecular weight is 154 g/mol. The van der Waals surface area contributed by atoms with E-state index in [-0.39, 0.29) is 6.10 Å². The number of rotatable bonds is 4. The molecule has 0 amide bonds.